The minimum Gasteiger partial charge on any atom is -0.493 e. The Kier molecular flexibility index (Phi) is 5.54. The van der Waals surface area contributed by atoms with Gasteiger partial charge in [0.25, 0.3) is 5.91 Å². The zero-order valence-corrected chi connectivity index (χ0v) is 16.1. The van der Waals surface area contributed by atoms with Crippen LogP contribution in [0.4, 0.5) is 0 Å². The van der Waals surface area contributed by atoms with E-state index in [1.807, 2.05) is 43.9 Å². The Morgan fingerprint density at radius 2 is 2.00 bits per heavy atom. The highest BCUT2D eigenvalue weighted by molar-refractivity contribution is 5.94. The van der Waals surface area contributed by atoms with Crippen LogP contribution in [0.25, 0.3) is 0 Å². The van der Waals surface area contributed by atoms with Gasteiger partial charge >= 0.3 is 0 Å². The van der Waals surface area contributed by atoms with E-state index in [9.17, 15) is 9.59 Å². The second-order valence-electron chi connectivity index (χ2n) is 8.60. The number of amides is 2. The predicted octanol–water partition coefficient (Wildman–Crippen LogP) is 3.24. The number of benzene rings is 1. The summed E-state index contributed by atoms with van der Waals surface area (Å²) in [6.45, 7) is 8.05. The van der Waals surface area contributed by atoms with Crippen LogP contribution in [0.5, 0.6) is 5.75 Å². The molecule has 1 atom stereocenters. The van der Waals surface area contributed by atoms with Gasteiger partial charge in [-0.15, -0.1) is 0 Å². The van der Waals surface area contributed by atoms with Crippen LogP contribution in [-0.2, 0) is 4.79 Å². The molecule has 26 heavy (non-hydrogen) atoms. The summed E-state index contributed by atoms with van der Waals surface area (Å²) < 4.78 is 5.95. The Hall–Kier alpha value is -2.04. The summed E-state index contributed by atoms with van der Waals surface area (Å²) in [5.41, 5.74) is 0.300. The third-order valence-corrected chi connectivity index (χ3v) is 4.94. The quantitative estimate of drug-likeness (QED) is 0.879. The molecule has 2 amide bonds. The van der Waals surface area contributed by atoms with E-state index in [0.717, 1.165) is 38.8 Å². The van der Waals surface area contributed by atoms with Gasteiger partial charge in [-0.05, 0) is 43.9 Å². The van der Waals surface area contributed by atoms with Crippen molar-refractivity contribution in [2.24, 2.45) is 11.3 Å². The van der Waals surface area contributed by atoms with E-state index >= 15 is 0 Å². The van der Waals surface area contributed by atoms with E-state index in [0.29, 0.717) is 29.9 Å². The molecule has 1 aliphatic carbocycles. The molecule has 1 aromatic rings. The van der Waals surface area contributed by atoms with Gasteiger partial charge in [-0.3, -0.25) is 9.59 Å². The van der Waals surface area contributed by atoms with Crippen molar-refractivity contribution in [2.45, 2.75) is 52.5 Å². The Morgan fingerprint density at radius 1 is 1.23 bits per heavy atom. The summed E-state index contributed by atoms with van der Waals surface area (Å²) in [7, 11) is 0. The maximum Gasteiger partial charge on any atom is 0.251 e. The van der Waals surface area contributed by atoms with Crippen molar-refractivity contribution in [1.82, 2.24) is 10.2 Å². The van der Waals surface area contributed by atoms with Crippen molar-refractivity contribution in [2.75, 3.05) is 19.7 Å². The Bertz CT molecular complexity index is 661. The number of rotatable bonds is 5. The first-order valence-electron chi connectivity index (χ1n) is 9.66. The molecular formula is C21H30N2O3. The molecule has 1 N–H and O–H groups in total. The molecule has 1 unspecified atom stereocenters. The highest BCUT2D eigenvalue weighted by Gasteiger charge is 2.31. The average molecular weight is 358 g/mol. The zero-order chi connectivity index (χ0) is 18.7. The van der Waals surface area contributed by atoms with E-state index in [-0.39, 0.29) is 17.2 Å². The van der Waals surface area contributed by atoms with E-state index in [4.69, 9.17) is 4.74 Å². The van der Waals surface area contributed by atoms with Gasteiger partial charge in [0.1, 0.15) is 5.75 Å². The first kappa shape index (κ1) is 18.7. The number of ether oxygens (including phenoxy) is 1. The topological polar surface area (TPSA) is 58.6 Å². The predicted molar refractivity (Wildman–Crippen MR) is 101 cm³/mol. The molecule has 1 aliphatic heterocycles. The average Bonchev–Trinajstić information content (AvgIpc) is 3.43. The monoisotopic (exact) mass is 358 g/mol. The van der Waals surface area contributed by atoms with Crippen LogP contribution in [0.1, 0.15) is 56.8 Å². The number of carbonyl (C=O) groups excluding carboxylic acids is 2. The Balaban J connectivity index is 1.53. The normalized spacial score (nSPS) is 20.6. The summed E-state index contributed by atoms with van der Waals surface area (Å²) in [5.74, 6) is 1.23. The number of piperidine rings is 1. The fourth-order valence-corrected chi connectivity index (χ4v) is 3.30. The molecule has 1 heterocycles. The first-order valence-corrected chi connectivity index (χ1v) is 9.66. The number of nitrogens with zero attached hydrogens (tertiary/aromatic N) is 1. The SMILES string of the molecule is CC(C)(C)C(=O)N1CCCC(COc2cccc(C(=O)NC3CC3)c2)C1. The molecule has 1 aromatic carbocycles. The van der Waals surface area contributed by atoms with Gasteiger partial charge in [-0.1, -0.05) is 26.8 Å². The van der Waals surface area contributed by atoms with Gasteiger partial charge in [0.05, 0.1) is 6.61 Å². The van der Waals surface area contributed by atoms with Crippen LogP contribution < -0.4 is 10.1 Å². The smallest absolute Gasteiger partial charge is 0.251 e. The highest BCUT2D eigenvalue weighted by Crippen LogP contribution is 2.25. The number of hydrogen-bond donors (Lipinski definition) is 1. The van der Waals surface area contributed by atoms with Crippen molar-refractivity contribution < 1.29 is 14.3 Å². The lowest BCUT2D eigenvalue weighted by molar-refractivity contribution is -0.141. The lowest BCUT2D eigenvalue weighted by Crippen LogP contribution is -2.46. The lowest BCUT2D eigenvalue weighted by atomic mass is 9.91. The number of carbonyl (C=O) groups is 2. The second kappa shape index (κ2) is 7.68. The van der Waals surface area contributed by atoms with Gasteiger partial charge in [0, 0.05) is 36.0 Å². The number of nitrogens with one attached hydrogen (secondary N) is 1. The largest absolute Gasteiger partial charge is 0.493 e. The van der Waals surface area contributed by atoms with Crippen LogP contribution >= 0.6 is 0 Å². The summed E-state index contributed by atoms with van der Waals surface area (Å²) in [6.07, 6.45) is 4.23. The molecule has 2 fully saturated rings. The van der Waals surface area contributed by atoms with Crippen LogP contribution in [0, 0.1) is 11.3 Å². The van der Waals surface area contributed by atoms with Crippen LogP contribution in [-0.4, -0.2) is 42.5 Å². The fraction of sp³-hybridized carbons (Fsp3) is 0.619. The van der Waals surface area contributed by atoms with Crippen molar-refractivity contribution in [1.29, 1.82) is 0 Å². The molecular weight excluding hydrogens is 328 g/mol. The van der Waals surface area contributed by atoms with Crippen LogP contribution in [0.3, 0.4) is 0 Å². The Morgan fingerprint density at radius 3 is 2.69 bits per heavy atom. The lowest BCUT2D eigenvalue weighted by Gasteiger charge is -2.36. The Labute approximate surface area is 156 Å². The second-order valence-corrected chi connectivity index (χ2v) is 8.60. The van der Waals surface area contributed by atoms with Gasteiger partial charge in [-0.25, -0.2) is 0 Å². The van der Waals surface area contributed by atoms with Crippen molar-refractivity contribution in [3.8, 4) is 5.75 Å². The van der Waals surface area contributed by atoms with Crippen molar-refractivity contribution in [3.05, 3.63) is 29.8 Å². The van der Waals surface area contributed by atoms with Gasteiger partial charge in [0.2, 0.25) is 5.91 Å². The summed E-state index contributed by atoms with van der Waals surface area (Å²) in [4.78, 5) is 26.6. The van der Waals surface area contributed by atoms with Gasteiger partial charge in [-0.2, -0.15) is 0 Å². The number of likely N-dealkylation sites (tertiary alicyclic amines) is 1. The zero-order valence-electron chi connectivity index (χ0n) is 16.1. The molecule has 1 saturated carbocycles. The molecule has 1 saturated heterocycles. The minimum absolute atomic E-state index is 0.0300. The third-order valence-electron chi connectivity index (χ3n) is 4.94. The van der Waals surface area contributed by atoms with E-state index in [1.54, 1.807) is 6.07 Å². The van der Waals surface area contributed by atoms with E-state index < -0.39 is 0 Å². The molecule has 5 nitrogen and oxygen atoms in total. The maximum absolute atomic E-state index is 12.5. The molecule has 5 heteroatoms. The fourth-order valence-electron chi connectivity index (χ4n) is 3.30. The van der Waals surface area contributed by atoms with Crippen molar-refractivity contribution in [3.63, 3.8) is 0 Å². The molecule has 0 spiro atoms. The van der Waals surface area contributed by atoms with E-state index in [2.05, 4.69) is 5.32 Å². The minimum atomic E-state index is -0.341. The standard InChI is InChI=1S/C21H30N2O3/c1-21(2,3)20(25)23-11-5-6-15(13-23)14-26-18-8-4-7-16(12-18)19(24)22-17-9-10-17/h4,7-8,12,15,17H,5-6,9-11,13-14H2,1-3H3,(H,22,24). The molecule has 0 bridgehead atoms. The summed E-state index contributed by atoms with van der Waals surface area (Å²) >= 11 is 0. The van der Waals surface area contributed by atoms with Crippen LogP contribution in [0.2, 0.25) is 0 Å². The van der Waals surface area contributed by atoms with Gasteiger partial charge in [0.15, 0.2) is 0 Å². The summed E-state index contributed by atoms with van der Waals surface area (Å²) in [6, 6.07) is 7.70. The number of hydrogen-bond acceptors (Lipinski definition) is 3. The van der Waals surface area contributed by atoms with E-state index in [1.165, 1.54) is 0 Å². The molecule has 3 rings (SSSR count). The van der Waals surface area contributed by atoms with Crippen molar-refractivity contribution >= 4 is 11.8 Å². The molecule has 142 valence electrons. The van der Waals surface area contributed by atoms with Gasteiger partial charge < -0.3 is 15.0 Å². The maximum atomic E-state index is 12.5. The molecule has 0 radical (unpaired) electrons. The third kappa shape index (κ3) is 4.99. The molecule has 2 aliphatic rings. The molecule has 0 aromatic heterocycles. The first-order chi connectivity index (χ1) is 12.3. The van der Waals surface area contributed by atoms with Crippen LogP contribution in [0.15, 0.2) is 24.3 Å². The highest BCUT2D eigenvalue weighted by atomic mass is 16.5. The summed E-state index contributed by atoms with van der Waals surface area (Å²) in [5, 5.41) is 3.00.